The van der Waals surface area contributed by atoms with Crippen molar-refractivity contribution < 1.29 is 19.1 Å². The van der Waals surface area contributed by atoms with Gasteiger partial charge in [0, 0.05) is 17.8 Å². The Hall–Kier alpha value is -3.80. The van der Waals surface area contributed by atoms with Gasteiger partial charge >= 0.3 is 0 Å². The number of hydrogen-bond acceptors (Lipinski definition) is 4. The topological polar surface area (TPSA) is 67.9 Å². The van der Waals surface area contributed by atoms with Crippen LogP contribution in [-0.4, -0.2) is 30.4 Å². The molecule has 6 nitrogen and oxygen atoms in total. The summed E-state index contributed by atoms with van der Waals surface area (Å²) >= 11 is 0. The number of methoxy groups -OCH3 is 1. The second-order valence-corrected chi connectivity index (χ2v) is 8.52. The van der Waals surface area contributed by atoms with Crippen LogP contribution in [0.2, 0.25) is 0 Å². The van der Waals surface area contributed by atoms with E-state index in [1.165, 1.54) is 0 Å². The molecule has 1 aliphatic rings. The second-order valence-electron chi connectivity index (χ2n) is 8.52. The van der Waals surface area contributed by atoms with Crippen LogP contribution in [0.15, 0.2) is 60.7 Å². The van der Waals surface area contributed by atoms with Crippen molar-refractivity contribution in [2.45, 2.75) is 39.8 Å². The average Bonchev–Trinajstić information content (AvgIpc) is 3.16. The van der Waals surface area contributed by atoms with Gasteiger partial charge in [-0.2, -0.15) is 0 Å². The molecule has 1 unspecified atom stereocenters. The Morgan fingerprint density at radius 2 is 1.85 bits per heavy atom. The average molecular weight is 459 g/mol. The van der Waals surface area contributed by atoms with Crippen LogP contribution in [0.3, 0.4) is 0 Å². The van der Waals surface area contributed by atoms with Crippen LogP contribution in [0, 0.1) is 13.8 Å². The molecule has 0 spiro atoms. The van der Waals surface area contributed by atoms with Crippen molar-refractivity contribution >= 4 is 17.5 Å². The molecule has 1 N–H and O–H groups in total. The first kappa shape index (κ1) is 23.4. The van der Waals surface area contributed by atoms with Crippen molar-refractivity contribution in [1.29, 1.82) is 0 Å². The molecule has 0 aromatic heterocycles. The summed E-state index contributed by atoms with van der Waals surface area (Å²) in [6.07, 6.45) is 0.115. The normalized spacial score (nSPS) is 13.4. The molecule has 1 heterocycles. The number of nitrogens with zero attached hydrogens (tertiary/aromatic N) is 1. The van der Waals surface area contributed by atoms with E-state index in [0.717, 1.165) is 27.9 Å². The van der Waals surface area contributed by atoms with Gasteiger partial charge in [0.2, 0.25) is 5.91 Å². The van der Waals surface area contributed by atoms with Gasteiger partial charge in [-0.05, 0) is 61.7 Å². The van der Waals surface area contributed by atoms with Gasteiger partial charge < -0.3 is 19.7 Å². The van der Waals surface area contributed by atoms with Crippen LogP contribution in [0.5, 0.6) is 11.5 Å². The van der Waals surface area contributed by atoms with Gasteiger partial charge in [0.1, 0.15) is 0 Å². The first-order chi connectivity index (χ1) is 16.4. The fourth-order valence-electron chi connectivity index (χ4n) is 4.43. The molecule has 6 heteroatoms. The maximum absolute atomic E-state index is 13.3. The van der Waals surface area contributed by atoms with Crippen molar-refractivity contribution in [3.8, 4) is 11.5 Å². The van der Waals surface area contributed by atoms with Gasteiger partial charge in [-0.1, -0.05) is 42.0 Å². The summed E-state index contributed by atoms with van der Waals surface area (Å²) in [6, 6.07) is 18.6. The summed E-state index contributed by atoms with van der Waals surface area (Å²) in [5.74, 6) is 0.966. The monoisotopic (exact) mass is 458 g/mol. The van der Waals surface area contributed by atoms with E-state index < -0.39 is 6.04 Å². The zero-order chi connectivity index (χ0) is 24.2. The van der Waals surface area contributed by atoms with Gasteiger partial charge in [-0.25, -0.2) is 0 Å². The highest BCUT2D eigenvalue weighted by atomic mass is 16.5. The molecule has 34 heavy (non-hydrogen) atoms. The predicted octanol–water partition coefficient (Wildman–Crippen LogP) is 5.44. The minimum atomic E-state index is -0.463. The smallest absolute Gasteiger partial charge is 0.255 e. The van der Waals surface area contributed by atoms with Gasteiger partial charge in [-0.15, -0.1) is 0 Å². The summed E-state index contributed by atoms with van der Waals surface area (Å²) in [5.41, 5.74) is 5.37. The third kappa shape index (κ3) is 4.76. The molecule has 176 valence electrons. The fraction of sp³-hybridized carbons (Fsp3) is 0.286. The molecule has 0 radical (unpaired) electrons. The summed E-state index contributed by atoms with van der Waals surface area (Å²) in [5, 5.41) is 3.02. The molecule has 0 bridgehead atoms. The molecular formula is C28H30N2O4. The third-order valence-electron chi connectivity index (χ3n) is 6.13. The van der Waals surface area contributed by atoms with Crippen molar-refractivity contribution in [2.24, 2.45) is 0 Å². The largest absolute Gasteiger partial charge is 0.493 e. The van der Waals surface area contributed by atoms with E-state index in [9.17, 15) is 9.59 Å². The van der Waals surface area contributed by atoms with E-state index in [1.807, 2.05) is 81.4 Å². The number of ether oxygens (including phenoxy) is 2. The lowest BCUT2D eigenvalue weighted by atomic mass is 10.0. The van der Waals surface area contributed by atoms with Crippen LogP contribution >= 0.6 is 0 Å². The van der Waals surface area contributed by atoms with Crippen molar-refractivity contribution in [2.75, 3.05) is 19.0 Å². The minimum absolute atomic E-state index is 0.0761. The summed E-state index contributed by atoms with van der Waals surface area (Å²) in [6.45, 7) is 6.86. The molecule has 0 saturated heterocycles. The number of aryl methyl sites for hydroxylation is 2. The van der Waals surface area contributed by atoms with Gasteiger partial charge in [0.05, 0.1) is 26.2 Å². The second kappa shape index (κ2) is 10.00. The lowest BCUT2D eigenvalue weighted by molar-refractivity contribution is -0.117. The number of carbonyl (C=O) groups is 2. The Kier molecular flexibility index (Phi) is 6.87. The molecule has 1 atom stereocenters. The quantitative estimate of drug-likeness (QED) is 0.488. The number of benzene rings is 3. The Morgan fingerprint density at radius 3 is 2.56 bits per heavy atom. The number of amides is 2. The Labute approximate surface area is 200 Å². The first-order valence-electron chi connectivity index (χ1n) is 11.5. The van der Waals surface area contributed by atoms with E-state index in [4.69, 9.17) is 9.47 Å². The van der Waals surface area contributed by atoms with Gasteiger partial charge in [-0.3, -0.25) is 9.59 Å². The molecule has 0 saturated carbocycles. The number of rotatable bonds is 8. The van der Waals surface area contributed by atoms with Crippen LogP contribution in [-0.2, 0) is 11.3 Å². The standard InChI is InChI=1S/C28H30N2O4/c1-5-34-25-13-11-20(15-26(25)33-4)24(30-17-21-8-6-7-9-22(21)28(30)32)16-27(31)29-23-12-10-18(2)14-19(23)3/h6-15,24H,5,16-17H2,1-4H3,(H,29,31). The molecular weight excluding hydrogens is 428 g/mol. The van der Waals surface area contributed by atoms with Crippen LogP contribution in [0.25, 0.3) is 0 Å². The number of nitrogens with one attached hydrogen (secondary N) is 1. The molecule has 3 aromatic rings. The molecule has 0 aliphatic carbocycles. The third-order valence-corrected chi connectivity index (χ3v) is 6.13. The number of carbonyl (C=O) groups excluding carboxylic acids is 2. The molecule has 0 fully saturated rings. The predicted molar refractivity (Wildman–Crippen MR) is 132 cm³/mol. The SMILES string of the molecule is CCOc1ccc(C(CC(=O)Nc2ccc(C)cc2C)N2Cc3ccccc3C2=O)cc1OC. The molecule has 1 aliphatic heterocycles. The number of hydrogen-bond donors (Lipinski definition) is 1. The van der Waals surface area contributed by atoms with Crippen molar-refractivity contribution in [3.05, 3.63) is 88.5 Å². The molecule has 4 rings (SSSR count). The Bertz CT molecular complexity index is 1220. The summed E-state index contributed by atoms with van der Waals surface area (Å²) < 4.78 is 11.2. The van der Waals surface area contributed by atoms with E-state index in [0.29, 0.717) is 30.2 Å². The maximum atomic E-state index is 13.3. The zero-order valence-electron chi connectivity index (χ0n) is 20.1. The highest BCUT2D eigenvalue weighted by Gasteiger charge is 2.35. The highest BCUT2D eigenvalue weighted by molar-refractivity contribution is 5.99. The zero-order valence-corrected chi connectivity index (χ0v) is 20.1. The van der Waals surface area contributed by atoms with E-state index in [-0.39, 0.29) is 18.2 Å². The van der Waals surface area contributed by atoms with E-state index in [2.05, 4.69) is 5.32 Å². The van der Waals surface area contributed by atoms with E-state index >= 15 is 0 Å². The van der Waals surface area contributed by atoms with Crippen molar-refractivity contribution in [3.63, 3.8) is 0 Å². The highest BCUT2D eigenvalue weighted by Crippen LogP contribution is 2.37. The Morgan fingerprint density at radius 1 is 1.06 bits per heavy atom. The number of fused-ring (bicyclic) bond motifs is 1. The van der Waals surface area contributed by atoms with Gasteiger partial charge in [0.15, 0.2) is 11.5 Å². The number of anilines is 1. The van der Waals surface area contributed by atoms with Crippen LogP contribution in [0.4, 0.5) is 5.69 Å². The fourth-order valence-corrected chi connectivity index (χ4v) is 4.43. The van der Waals surface area contributed by atoms with Gasteiger partial charge in [0.25, 0.3) is 5.91 Å². The van der Waals surface area contributed by atoms with Crippen LogP contribution in [0.1, 0.15) is 52.0 Å². The van der Waals surface area contributed by atoms with Crippen LogP contribution < -0.4 is 14.8 Å². The summed E-state index contributed by atoms with van der Waals surface area (Å²) in [7, 11) is 1.58. The maximum Gasteiger partial charge on any atom is 0.255 e. The minimum Gasteiger partial charge on any atom is -0.493 e. The van der Waals surface area contributed by atoms with Crippen molar-refractivity contribution in [1.82, 2.24) is 4.90 Å². The lowest BCUT2D eigenvalue weighted by Crippen LogP contribution is -2.32. The van der Waals surface area contributed by atoms with E-state index in [1.54, 1.807) is 12.0 Å². The molecule has 2 amide bonds. The molecule has 3 aromatic carbocycles. The first-order valence-corrected chi connectivity index (χ1v) is 11.5. The lowest BCUT2D eigenvalue weighted by Gasteiger charge is -2.28. The Balaban J connectivity index is 1.66. The summed E-state index contributed by atoms with van der Waals surface area (Å²) in [4.78, 5) is 28.3.